The van der Waals surface area contributed by atoms with Crippen LogP contribution in [0, 0.1) is 6.92 Å². The fourth-order valence-electron chi connectivity index (χ4n) is 2.32. The van der Waals surface area contributed by atoms with Crippen LogP contribution >= 0.6 is 15.9 Å². The van der Waals surface area contributed by atoms with Crippen LogP contribution in [0.5, 0.6) is 11.5 Å². The van der Waals surface area contributed by atoms with Gasteiger partial charge in [0.25, 0.3) is 0 Å². The second kappa shape index (κ2) is 6.47. The number of benzene rings is 2. The summed E-state index contributed by atoms with van der Waals surface area (Å²) in [5.74, 6) is 0.619. The van der Waals surface area contributed by atoms with Gasteiger partial charge in [0.1, 0.15) is 16.1 Å². The fraction of sp³-hybridized carbons (Fsp3) is 0.235. The Hall–Kier alpha value is -2.02. The third-order valence-corrected chi connectivity index (χ3v) is 4.07. The molecule has 1 heterocycles. The van der Waals surface area contributed by atoms with Crippen molar-refractivity contribution in [1.29, 1.82) is 0 Å². The topological polar surface area (TPSA) is 30.8 Å². The normalized spacial score (nSPS) is 17.4. The summed E-state index contributed by atoms with van der Waals surface area (Å²) in [6.45, 7) is 1.83. The Morgan fingerprint density at radius 3 is 2.67 bits per heavy atom. The largest absolute Gasteiger partial charge is 0.457 e. The van der Waals surface area contributed by atoms with Gasteiger partial charge in [-0.25, -0.2) is 0 Å². The van der Waals surface area contributed by atoms with Crippen LogP contribution in [0.25, 0.3) is 0 Å². The standard InChI is InChI=1S/C17H13BrF3NO2/c1-10-5-6-11(15-9-16(18)22-24-15)7-14(10)23-13-4-2-3-12(8-13)17(19,20)21/h2-8,15H,9H2,1H3/t15-/m0/s1. The van der Waals surface area contributed by atoms with Gasteiger partial charge in [0, 0.05) is 6.42 Å². The maximum Gasteiger partial charge on any atom is 0.416 e. The summed E-state index contributed by atoms with van der Waals surface area (Å²) in [6.07, 6.45) is -4.03. The lowest BCUT2D eigenvalue weighted by atomic mass is 10.0. The van der Waals surface area contributed by atoms with Crippen molar-refractivity contribution >= 4 is 20.6 Å². The van der Waals surface area contributed by atoms with Crippen LogP contribution in [0.2, 0.25) is 0 Å². The fourth-order valence-corrected chi connectivity index (χ4v) is 2.69. The van der Waals surface area contributed by atoms with Crippen molar-refractivity contribution in [3.8, 4) is 11.5 Å². The number of hydrogen-bond acceptors (Lipinski definition) is 3. The molecule has 0 unspecified atom stereocenters. The summed E-state index contributed by atoms with van der Waals surface area (Å²) in [4.78, 5) is 5.30. The quantitative estimate of drug-likeness (QED) is 0.635. The SMILES string of the molecule is Cc1ccc([C@@H]2CC(Br)=NO2)cc1Oc1cccc(C(F)(F)F)c1. The van der Waals surface area contributed by atoms with Gasteiger partial charge in [-0.15, -0.1) is 0 Å². The van der Waals surface area contributed by atoms with E-state index in [0.717, 1.165) is 23.3 Å². The van der Waals surface area contributed by atoms with E-state index in [1.807, 2.05) is 19.1 Å². The molecule has 2 aromatic carbocycles. The molecule has 3 nitrogen and oxygen atoms in total. The Bertz CT molecular complexity index is 790. The van der Waals surface area contributed by atoms with Crippen molar-refractivity contribution in [3.63, 3.8) is 0 Å². The summed E-state index contributed by atoms with van der Waals surface area (Å²) in [5, 5.41) is 3.84. The molecule has 0 saturated heterocycles. The molecule has 126 valence electrons. The molecule has 1 aliphatic rings. The molecular weight excluding hydrogens is 387 g/mol. The van der Waals surface area contributed by atoms with Crippen LogP contribution in [0.1, 0.15) is 29.2 Å². The molecule has 2 aromatic rings. The zero-order valence-electron chi connectivity index (χ0n) is 12.6. The van der Waals surface area contributed by atoms with Crippen LogP contribution in [-0.2, 0) is 11.0 Å². The van der Waals surface area contributed by atoms with Gasteiger partial charge in [0.15, 0.2) is 6.10 Å². The first kappa shape index (κ1) is 16.8. The average Bonchev–Trinajstić information content (AvgIpc) is 2.95. The van der Waals surface area contributed by atoms with Gasteiger partial charge in [-0.1, -0.05) is 23.4 Å². The molecular formula is C17H13BrF3NO2. The predicted molar refractivity (Wildman–Crippen MR) is 87.5 cm³/mol. The highest BCUT2D eigenvalue weighted by molar-refractivity contribution is 9.18. The van der Waals surface area contributed by atoms with E-state index in [4.69, 9.17) is 9.57 Å². The molecule has 3 rings (SSSR count). The van der Waals surface area contributed by atoms with Gasteiger partial charge in [0.2, 0.25) is 0 Å². The van der Waals surface area contributed by atoms with E-state index in [-0.39, 0.29) is 11.9 Å². The molecule has 0 bridgehead atoms. The van der Waals surface area contributed by atoms with E-state index in [1.165, 1.54) is 12.1 Å². The number of oxime groups is 1. The van der Waals surface area contributed by atoms with Gasteiger partial charge in [-0.2, -0.15) is 13.2 Å². The van der Waals surface area contributed by atoms with Crippen molar-refractivity contribution in [1.82, 2.24) is 0 Å². The Morgan fingerprint density at radius 2 is 2.00 bits per heavy atom. The number of nitrogens with zero attached hydrogens (tertiary/aromatic N) is 1. The van der Waals surface area contributed by atoms with Crippen LogP contribution in [-0.4, -0.2) is 4.62 Å². The summed E-state index contributed by atoms with van der Waals surface area (Å²) < 4.78 is 44.8. The Balaban J connectivity index is 1.85. The Kier molecular flexibility index (Phi) is 4.54. The van der Waals surface area contributed by atoms with Gasteiger partial charge in [-0.05, 0) is 58.2 Å². The number of ether oxygens (including phenoxy) is 1. The van der Waals surface area contributed by atoms with E-state index in [2.05, 4.69) is 21.1 Å². The van der Waals surface area contributed by atoms with Crippen molar-refractivity contribution in [2.75, 3.05) is 0 Å². The van der Waals surface area contributed by atoms with Gasteiger partial charge < -0.3 is 9.57 Å². The summed E-state index contributed by atoms with van der Waals surface area (Å²) in [7, 11) is 0. The first-order valence-corrected chi connectivity index (χ1v) is 7.96. The number of alkyl halides is 3. The smallest absolute Gasteiger partial charge is 0.416 e. The molecule has 0 spiro atoms. The monoisotopic (exact) mass is 399 g/mol. The van der Waals surface area contributed by atoms with E-state index < -0.39 is 11.7 Å². The lowest BCUT2D eigenvalue weighted by Crippen LogP contribution is -2.04. The second-order valence-electron chi connectivity index (χ2n) is 5.42. The minimum absolute atomic E-state index is 0.134. The first-order chi connectivity index (χ1) is 11.3. The van der Waals surface area contributed by atoms with Crippen molar-refractivity contribution < 1.29 is 22.7 Å². The van der Waals surface area contributed by atoms with Crippen molar-refractivity contribution in [2.45, 2.75) is 25.6 Å². The minimum atomic E-state index is -4.41. The molecule has 0 amide bonds. The molecule has 0 N–H and O–H groups in total. The van der Waals surface area contributed by atoms with Gasteiger partial charge >= 0.3 is 6.18 Å². The highest BCUT2D eigenvalue weighted by Crippen LogP contribution is 2.36. The van der Waals surface area contributed by atoms with Crippen molar-refractivity contribution in [2.24, 2.45) is 5.16 Å². The average molecular weight is 400 g/mol. The van der Waals surface area contributed by atoms with Gasteiger partial charge in [-0.3, -0.25) is 0 Å². The molecule has 0 saturated carbocycles. The second-order valence-corrected chi connectivity index (χ2v) is 6.33. The summed E-state index contributed by atoms with van der Waals surface area (Å²) in [5.41, 5.74) is 0.917. The Morgan fingerprint density at radius 1 is 1.21 bits per heavy atom. The number of aryl methyl sites for hydroxylation is 1. The van der Waals surface area contributed by atoms with Crippen molar-refractivity contribution in [3.05, 3.63) is 59.2 Å². The summed E-state index contributed by atoms with van der Waals surface area (Å²) >= 11 is 3.28. The number of hydrogen-bond donors (Lipinski definition) is 0. The molecule has 1 atom stereocenters. The highest BCUT2D eigenvalue weighted by Gasteiger charge is 2.30. The lowest BCUT2D eigenvalue weighted by molar-refractivity contribution is -0.137. The van der Waals surface area contributed by atoms with Crippen LogP contribution in [0.3, 0.4) is 0 Å². The third-order valence-electron chi connectivity index (χ3n) is 3.61. The van der Waals surface area contributed by atoms with Crippen LogP contribution in [0.4, 0.5) is 13.2 Å². The maximum absolute atomic E-state index is 12.8. The van der Waals surface area contributed by atoms with E-state index in [0.29, 0.717) is 16.8 Å². The third kappa shape index (κ3) is 3.72. The van der Waals surface area contributed by atoms with E-state index in [1.54, 1.807) is 6.07 Å². The molecule has 0 aliphatic carbocycles. The maximum atomic E-state index is 12.8. The van der Waals surface area contributed by atoms with Crippen LogP contribution in [0.15, 0.2) is 47.6 Å². The highest BCUT2D eigenvalue weighted by atomic mass is 79.9. The minimum Gasteiger partial charge on any atom is -0.457 e. The molecule has 0 fully saturated rings. The molecule has 24 heavy (non-hydrogen) atoms. The van der Waals surface area contributed by atoms with Crippen LogP contribution < -0.4 is 4.74 Å². The molecule has 1 aliphatic heterocycles. The van der Waals surface area contributed by atoms with Gasteiger partial charge in [0.05, 0.1) is 5.56 Å². The Labute approximate surface area is 145 Å². The molecule has 0 radical (unpaired) electrons. The van der Waals surface area contributed by atoms with E-state index >= 15 is 0 Å². The number of rotatable bonds is 3. The zero-order chi connectivity index (χ0) is 17.3. The molecule has 0 aromatic heterocycles. The first-order valence-electron chi connectivity index (χ1n) is 7.17. The van der Waals surface area contributed by atoms with E-state index in [9.17, 15) is 13.2 Å². The lowest BCUT2D eigenvalue weighted by Gasteiger charge is -2.14. The summed E-state index contributed by atoms with van der Waals surface area (Å²) in [6, 6.07) is 10.3. The molecule has 7 heteroatoms. The predicted octanol–water partition coefficient (Wildman–Crippen LogP) is 5.98. The number of halogens is 4. The zero-order valence-corrected chi connectivity index (χ0v) is 14.2.